The Hall–Kier alpha value is -0.530. The predicted molar refractivity (Wildman–Crippen MR) is 79.0 cm³/mol. The minimum Gasteiger partial charge on any atom is -0.385 e. The lowest BCUT2D eigenvalue weighted by atomic mass is 10.1. The van der Waals surface area contributed by atoms with Crippen molar-refractivity contribution in [3.63, 3.8) is 0 Å². The molecule has 1 aliphatic rings. The minimum absolute atomic E-state index is 0.452. The summed E-state index contributed by atoms with van der Waals surface area (Å²) in [5, 5.41) is 11.3. The standard InChI is InChI=1S/C14H24N2O3S/c1-14(2,17)13-11(10-18-3)15-12(20-13)4-5-16-6-8-19-9-7-16/h17H,4-10H2,1-3H3. The number of hydrogen-bond donors (Lipinski definition) is 1. The van der Waals surface area contributed by atoms with E-state index in [9.17, 15) is 5.11 Å². The number of aliphatic hydroxyl groups is 1. The van der Waals surface area contributed by atoms with Crippen LogP contribution in [0.2, 0.25) is 0 Å². The lowest BCUT2D eigenvalue weighted by Gasteiger charge is -2.26. The van der Waals surface area contributed by atoms with E-state index in [1.165, 1.54) is 0 Å². The van der Waals surface area contributed by atoms with Crippen molar-refractivity contribution in [1.29, 1.82) is 0 Å². The van der Waals surface area contributed by atoms with E-state index in [0.717, 1.165) is 54.8 Å². The molecule has 0 aromatic carbocycles. The van der Waals surface area contributed by atoms with Gasteiger partial charge in [-0.15, -0.1) is 11.3 Å². The number of thiazole rings is 1. The zero-order chi connectivity index (χ0) is 14.6. The van der Waals surface area contributed by atoms with Crippen LogP contribution in [0.1, 0.15) is 29.4 Å². The molecule has 1 saturated heterocycles. The van der Waals surface area contributed by atoms with Gasteiger partial charge in [-0.05, 0) is 13.8 Å². The van der Waals surface area contributed by atoms with Gasteiger partial charge in [0.1, 0.15) is 0 Å². The van der Waals surface area contributed by atoms with Gasteiger partial charge in [0.05, 0.1) is 41.0 Å². The van der Waals surface area contributed by atoms with Gasteiger partial charge in [0, 0.05) is 33.2 Å². The van der Waals surface area contributed by atoms with E-state index < -0.39 is 5.60 Å². The zero-order valence-corrected chi connectivity index (χ0v) is 13.3. The number of nitrogens with zero attached hydrogens (tertiary/aromatic N) is 2. The van der Waals surface area contributed by atoms with Gasteiger partial charge in [-0.1, -0.05) is 0 Å². The first-order chi connectivity index (χ1) is 9.50. The summed E-state index contributed by atoms with van der Waals surface area (Å²) in [6.07, 6.45) is 0.914. The first-order valence-electron chi connectivity index (χ1n) is 7.01. The molecule has 0 aliphatic carbocycles. The summed E-state index contributed by atoms with van der Waals surface area (Å²) >= 11 is 1.60. The van der Waals surface area contributed by atoms with Crippen molar-refractivity contribution < 1.29 is 14.6 Å². The van der Waals surface area contributed by atoms with Crippen molar-refractivity contribution in [2.45, 2.75) is 32.5 Å². The first kappa shape index (κ1) is 15.9. The van der Waals surface area contributed by atoms with Crippen molar-refractivity contribution >= 4 is 11.3 Å². The van der Waals surface area contributed by atoms with E-state index in [1.54, 1.807) is 32.3 Å². The molecule has 0 radical (unpaired) electrons. The van der Waals surface area contributed by atoms with Crippen LogP contribution in [-0.2, 0) is 28.1 Å². The maximum atomic E-state index is 10.2. The third-order valence-electron chi connectivity index (χ3n) is 3.32. The number of morpholine rings is 1. The van der Waals surface area contributed by atoms with Gasteiger partial charge in [-0.25, -0.2) is 4.98 Å². The van der Waals surface area contributed by atoms with Crippen LogP contribution in [0.25, 0.3) is 0 Å². The molecule has 1 aromatic rings. The molecule has 20 heavy (non-hydrogen) atoms. The van der Waals surface area contributed by atoms with Crippen LogP contribution >= 0.6 is 11.3 Å². The molecule has 0 atom stereocenters. The SMILES string of the molecule is COCc1nc(CCN2CCOCC2)sc1C(C)(C)O. The third-order valence-corrected chi connectivity index (χ3v) is 4.79. The Morgan fingerprint density at radius 1 is 1.40 bits per heavy atom. The second-order valence-electron chi connectivity index (χ2n) is 5.58. The quantitative estimate of drug-likeness (QED) is 0.860. The van der Waals surface area contributed by atoms with Gasteiger partial charge < -0.3 is 14.6 Å². The summed E-state index contributed by atoms with van der Waals surface area (Å²) in [6, 6.07) is 0. The Bertz CT molecular complexity index is 423. The van der Waals surface area contributed by atoms with E-state index in [0.29, 0.717) is 6.61 Å². The summed E-state index contributed by atoms with van der Waals surface area (Å²) < 4.78 is 10.5. The fourth-order valence-corrected chi connectivity index (χ4v) is 3.36. The van der Waals surface area contributed by atoms with Gasteiger partial charge in [-0.2, -0.15) is 0 Å². The normalized spacial score (nSPS) is 17.6. The molecule has 0 spiro atoms. The third kappa shape index (κ3) is 4.23. The molecule has 2 heterocycles. The van der Waals surface area contributed by atoms with E-state index >= 15 is 0 Å². The van der Waals surface area contributed by atoms with Crippen molar-refractivity contribution in [3.8, 4) is 0 Å². The van der Waals surface area contributed by atoms with Crippen LogP contribution in [0, 0.1) is 0 Å². The van der Waals surface area contributed by atoms with Gasteiger partial charge in [0.15, 0.2) is 0 Å². The monoisotopic (exact) mass is 300 g/mol. The fourth-order valence-electron chi connectivity index (χ4n) is 2.30. The van der Waals surface area contributed by atoms with E-state index in [1.807, 2.05) is 0 Å². The Labute approximate surface area is 124 Å². The maximum Gasteiger partial charge on any atom is 0.0951 e. The second kappa shape index (κ2) is 6.95. The summed E-state index contributed by atoms with van der Waals surface area (Å²) in [5.74, 6) is 0. The average Bonchev–Trinajstić information content (AvgIpc) is 2.81. The lowest BCUT2D eigenvalue weighted by Crippen LogP contribution is -2.37. The van der Waals surface area contributed by atoms with Crippen LogP contribution in [0.15, 0.2) is 0 Å². The van der Waals surface area contributed by atoms with Gasteiger partial charge >= 0.3 is 0 Å². The highest BCUT2D eigenvalue weighted by Gasteiger charge is 2.25. The average molecular weight is 300 g/mol. The van der Waals surface area contributed by atoms with Crippen LogP contribution in [0.4, 0.5) is 0 Å². The van der Waals surface area contributed by atoms with Crippen molar-refractivity contribution in [1.82, 2.24) is 9.88 Å². The largest absolute Gasteiger partial charge is 0.385 e. The summed E-state index contributed by atoms with van der Waals surface area (Å²) in [4.78, 5) is 7.93. The fraction of sp³-hybridized carbons (Fsp3) is 0.786. The van der Waals surface area contributed by atoms with E-state index in [-0.39, 0.29) is 0 Å². The van der Waals surface area contributed by atoms with Gasteiger partial charge in [0.25, 0.3) is 0 Å². The zero-order valence-electron chi connectivity index (χ0n) is 12.5. The molecule has 6 heteroatoms. The Morgan fingerprint density at radius 3 is 2.70 bits per heavy atom. The molecule has 2 rings (SSSR count). The summed E-state index contributed by atoms with van der Waals surface area (Å²) in [7, 11) is 1.65. The van der Waals surface area contributed by atoms with Crippen molar-refractivity contribution in [2.24, 2.45) is 0 Å². The van der Waals surface area contributed by atoms with Crippen LogP contribution in [-0.4, -0.2) is 54.9 Å². The number of methoxy groups -OCH3 is 1. The Morgan fingerprint density at radius 2 is 2.10 bits per heavy atom. The van der Waals surface area contributed by atoms with Crippen LogP contribution in [0.5, 0.6) is 0 Å². The molecule has 0 unspecified atom stereocenters. The summed E-state index contributed by atoms with van der Waals surface area (Å²) in [6.45, 7) is 8.67. The number of hydrogen-bond acceptors (Lipinski definition) is 6. The molecule has 0 bridgehead atoms. The van der Waals surface area contributed by atoms with Crippen LogP contribution < -0.4 is 0 Å². The summed E-state index contributed by atoms with van der Waals surface area (Å²) in [5.41, 5.74) is 0.00455. The number of ether oxygens (including phenoxy) is 2. The molecular formula is C14H24N2O3S. The molecule has 0 amide bonds. The van der Waals surface area contributed by atoms with Crippen LogP contribution in [0.3, 0.4) is 0 Å². The molecule has 1 aromatic heterocycles. The highest BCUT2D eigenvalue weighted by atomic mass is 32.1. The van der Waals surface area contributed by atoms with Crippen molar-refractivity contribution in [3.05, 3.63) is 15.6 Å². The Kier molecular flexibility index (Phi) is 5.51. The molecule has 114 valence electrons. The number of aromatic nitrogens is 1. The maximum absolute atomic E-state index is 10.2. The van der Waals surface area contributed by atoms with E-state index in [2.05, 4.69) is 9.88 Å². The number of rotatable bonds is 6. The molecule has 0 saturated carbocycles. The highest BCUT2D eigenvalue weighted by Crippen LogP contribution is 2.30. The molecular weight excluding hydrogens is 276 g/mol. The topological polar surface area (TPSA) is 54.8 Å². The minimum atomic E-state index is -0.858. The van der Waals surface area contributed by atoms with E-state index in [4.69, 9.17) is 9.47 Å². The highest BCUT2D eigenvalue weighted by molar-refractivity contribution is 7.11. The molecule has 5 nitrogen and oxygen atoms in total. The first-order valence-corrected chi connectivity index (χ1v) is 7.83. The lowest BCUT2D eigenvalue weighted by molar-refractivity contribution is 0.0384. The van der Waals surface area contributed by atoms with Gasteiger partial charge in [0.2, 0.25) is 0 Å². The van der Waals surface area contributed by atoms with Gasteiger partial charge in [-0.3, -0.25) is 4.90 Å². The molecule has 1 fully saturated rings. The van der Waals surface area contributed by atoms with Crippen molar-refractivity contribution in [2.75, 3.05) is 40.0 Å². The predicted octanol–water partition coefficient (Wildman–Crippen LogP) is 1.39. The molecule has 1 N–H and O–H groups in total. The smallest absolute Gasteiger partial charge is 0.0951 e. The second-order valence-corrected chi connectivity index (χ2v) is 6.66. The molecule has 1 aliphatic heterocycles. The Balaban J connectivity index is 2.00.